The van der Waals surface area contributed by atoms with Gasteiger partial charge < -0.3 is 0 Å². The van der Waals surface area contributed by atoms with Gasteiger partial charge in [0.15, 0.2) is 0 Å². The molecule has 1 aliphatic rings. The second-order valence-electron chi connectivity index (χ2n) is 3.93. The second kappa shape index (κ2) is 3.58. The van der Waals surface area contributed by atoms with Crippen LogP contribution < -0.4 is -0.342 Å². The summed E-state index contributed by atoms with van der Waals surface area (Å²) in [5.74, 6) is 0. The van der Waals surface area contributed by atoms with Crippen molar-refractivity contribution in [3.8, 4) is 11.1 Å². The van der Waals surface area contributed by atoms with Gasteiger partial charge in [-0.15, -0.1) is 0 Å². The number of rotatable bonds is 0. The topological polar surface area (TPSA) is 0 Å². The van der Waals surface area contributed by atoms with Crippen molar-refractivity contribution in [1.82, 2.24) is 0 Å². The quantitative estimate of drug-likeness (QED) is 0.492. The molecule has 0 fully saturated rings. The third-order valence-corrected chi connectivity index (χ3v) is 4.55. The van der Waals surface area contributed by atoms with Gasteiger partial charge >= 0.3 is 120 Å². The minimum atomic E-state index is 0.792. The molecule has 0 aromatic heterocycles. The Labute approximate surface area is 118 Å². The van der Waals surface area contributed by atoms with E-state index in [-0.39, 0.29) is 0 Å². The summed E-state index contributed by atoms with van der Waals surface area (Å²) in [6, 6.07) is 15.5. The maximum absolute atomic E-state index is 2.28. The van der Waals surface area contributed by atoms with Crippen molar-refractivity contribution in [2.75, 3.05) is 0 Å². The second-order valence-corrected chi connectivity index (χ2v) is 5.62. The van der Waals surface area contributed by atoms with E-state index in [1.165, 1.54) is 16.7 Å². The molecule has 3 rings (SSSR count). The third kappa shape index (κ3) is 1.35. The van der Waals surface area contributed by atoms with Gasteiger partial charge in [-0.25, -0.2) is 0 Å². The zero-order valence-electron chi connectivity index (χ0n) is 8.25. The molecule has 0 unspecified atom stereocenters. The first-order valence-electron chi connectivity index (χ1n) is 5.03. The molecule has 0 spiro atoms. The molecular formula is C13H9K. The summed E-state index contributed by atoms with van der Waals surface area (Å²) in [5, 5.41) is 0. The molecule has 0 atom stereocenters. The molecule has 0 amide bonds. The van der Waals surface area contributed by atoms with Gasteiger partial charge in [0.25, 0.3) is 0 Å². The first-order chi connectivity index (χ1) is 6.86. The van der Waals surface area contributed by atoms with Gasteiger partial charge in [0.05, 0.1) is 0 Å². The Bertz CT molecular complexity index is 500. The van der Waals surface area contributed by atoms with Gasteiger partial charge in [0.1, 0.15) is 0 Å². The first-order valence-corrected chi connectivity index (χ1v) is 6.59. The van der Waals surface area contributed by atoms with Crippen LogP contribution in [-0.4, -0.2) is 49.0 Å². The molecule has 1 heteroatoms. The third-order valence-electron chi connectivity index (χ3n) is 3.09. The minimum absolute atomic E-state index is 0.792. The Hall–Kier alpha value is 0.0764. The Morgan fingerprint density at radius 1 is 0.857 bits per heavy atom. The van der Waals surface area contributed by atoms with E-state index in [9.17, 15) is 0 Å². The van der Waals surface area contributed by atoms with Crippen LogP contribution in [0.5, 0.6) is 0 Å². The van der Waals surface area contributed by atoms with Crippen LogP contribution in [-0.2, 0) is 6.42 Å². The molecule has 1 aliphatic carbocycles. The molecule has 0 heterocycles. The van der Waals surface area contributed by atoms with E-state index in [2.05, 4.69) is 42.5 Å². The van der Waals surface area contributed by atoms with Crippen LogP contribution in [0.1, 0.15) is 11.1 Å². The molecule has 62 valence electrons. The van der Waals surface area contributed by atoms with E-state index in [4.69, 9.17) is 0 Å². The predicted octanol–water partition coefficient (Wildman–Crippen LogP) is 2.05. The SMILES string of the molecule is [K][c]1cccc2c1Cc1ccccc1-2. The summed E-state index contributed by atoms with van der Waals surface area (Å²) >= 11 is 0.792. The Balaban J connectivity index is 2.33. The zero-order chi connectivity index (χ0) is 9.54. The summed E-state index contributed by atoms with van der Waals surface area (Å²) in [7, 11) is 0. The Kier molecular flexibility index (Phi) is 2.38. The van der Waals surface area contributed by atoms with Crippen LogP contribution in [0.15, 0.2) is 42.5 Å². The fourth-order valence-electron chi connectivity index (χ4n) is 2.32. The van der Waals surface area contributed by atoms with Gasteiger partial charge in [-0.05, 0) is 0 Å². The van der Waals surface area contributed by atoms with E-state index in [1.807, 2.05) is 0 Å². The Morgan fingerprint density at radius 2 is 1.64 bits per heavy atom. The van der Waals surface area contributed by atoms with E-state index in [0.29, 0.717) is 0 Å². The van der Waals surface area contributed by atoms with Crippen LogP contribution in [0.25, 0.3) is 11.1 Å². The van der Waals surface area contributed by atoms with Crippen molar-refractivity contribution >= 4 is 48.6 Å². The van der Waals surface area contributed by atoms with Crippen LogP contribution in [0.3, 0.4) is 0 Å². The molecule has 0 aliphatic heterocycles. The average molecular weight is 204 g/mol. The fourth-order valence-corrected chi connectivity index (χ4v) is 3.31. The van der Waals surface area contributed by atoms with E-state index in [1.54, 1.807) is 5.22 Å². The van der Waals surface area contributed by atoms with E-state index in [0.717, 1.165) is 55.4 Å². The average Bonchev–Trinajstić information content (AvgIpc) is 2.59. The number of fused-ring (bicyclic) bond motifs is 3. The first kappa shape index (κ1) is 9.31. The standard InChI is InChI=1S/C13H9.K/c1-3-7-12-10(5-1)9-11-6-2-4-8-13(11)12;/h1-5,7-8H,9H2;. The number of hydrogen-bond donors (Lipinski definition) is 0. The van der Waals surface area contributed by atoms with E-state index >= 15 is 0 Å². The molecule has 2 aromatic rings. The van der Waals surface area contributed by atoms with E-state index < -0.39 is 0 Å². The van der Waals surface area contributed by atoms with Gasteiger partial charge in [0.2, 0.25) is 0 Å². The summed E-state index contributed by atoms with van der Waals surface area (Å²) in [6.45, 7) is 0. The molecule has 0 bridgehead atoms. The predicted molar refractivity (Wildman–Crippen MR) is 60.1 cm³/mol. The normalized spacial score (nSPS) is 12.4. The molecule has 0 N–H and O–H groups in total. The zero-order valence-corrected chi connectivity index (χ0v) is 11.4. The van der Waals surface area contributed by atoms with Crippen LogP contribution in [0, 0.1) is 0 Å². The van der Waals surface area contributed by atoms with Gasteiger partial charge in [-0.3, -0.25) is 0 Å². The van der Waals surface area contributed by atoms with Crippen molar-refractivity contribution in [2.45, 2.75) is 6.42 Å². The molecule has 0 radical (unpaired) electrons. The molecular weight excluding hydrogens is 195 g/mol. The van der Waals surface area contributed by atoms with Gasteiger partial charge in [-0.1, -0.05) is 0 Å². The molecule has 0 nitrogen and oxygen atoms in total. The van der Waals surface area contributed by atoms with Gasteiger partial charge in [-0.2, -0.15) is 0 Å². The maximum atomic E-state index is 2.28. The fraction of sp³-hybridized carbons (Fsp3) is 0.0769. The molecule has 0 saturated carbocycles. The number of hydrogen-bond acceptors (Lipinski definition) is 0. The van der Waals surface area contributed by atoms with Crippen LogP contribution >= 0.6 is 0 Å². The molecule has 0 saturated heterocycles. The van der Waals surface area contributed by atoms with Gasteiger partial charge in [0, 0.05) is 0 Å². The van der Waals surface area contributed by atoms with Crippen molar-refractivity contribution in [3.63, 3.8) is 0 Å². The van der Waals surface area contributed by atoms with Crippen LogP contribution in [0.2, 0.25) is 0 Å². The molecule has 2 aromatic carbocycles. The van der Waals surface area contributed by atoms with Crippen molar-refractivity contribution < 1.29 is 0 Å². The number of benzene rings is 2. The van der Waals surface area contributed by atoms with Crippen molar-refractivity contribution in [2.24, 2.45) is 0 Å². The monoisotopic (exact) mass is 204 g/mol. The summed E-state index contributed by atoms with van der Waals surface area (Å²) in [6.07, 6.45) is 1.16. The van der Waals surface area contributed by atoms with Crippen molar-refractivity contribution in [3.05, 3.63) is 53.6 Å². The molecule has 14 heavy (non-hydrogen) atoms. The summed E-state index contributed by atoms with van der Waals surface area (Å²) in [4.78, 5) is 0. The van der Waals surface area contributed by atoms with Crippen molar-refractivity contribution in [1.29, 1.82) is 0 Å². The van der Waals surface area contributed by atoms with Crippen LogP contribution in [0.4, 0.5) is 0 Å². The summed E-state index contributed by atoms with van der Waals surface area (Å²) in [5.41, 5.74) is 6.02. The Morgan fingerprint density at radius 3 is 2.57 bits per heavy atom. The summed E-state index contributed by atoms with van der Waals surface area (Å²) < 4.78 is 1.60.